The first-order valence-electron chi connectivity index (χ1n) is 6.08. The fourth-order valence-corrected chi connectivity index (χ4v) is 1.73. The highest BCUT2D eigenvalue weighted by Crippen LogP contribution is 2.26. The molecule has 1 rings (SSSR count). The lowest BCUT2D eigenvalue weighted by molar-refractivity contribution is -0.274. The van der Waals surface area contributed by atoms with E-state index in [1.165, 1.54) is 18.2 Å². The number of rotatable bonds is 7. The topological polar surface area (TPSA) is 38.3 Å². The number of hydrogen-bond donors (Lipinski definition) is 1. The molecule has 0 aliphatic heterocycles. The minimum absolute atomic E-state index is 0.00797. The summed E-state index contributed by atoms with van der Waals surface area (Å²) in [7, 11) is 0. The van der Waals surface area contributed by atoms with Crippen LogP contribution in [0.3, 0.4) is 0 Å². The molecular weight excluding hydrogens is 295 g/mol. The highest BCUT2D eigenvalue weighted by atomic mass is 35.5. The van der Waals surface area contributed by atoms with Crippen molar-refractivity contribution in [3.63, 3.8) is 0 Å². The van der Waals surface area contributed by atoms with Gasteiger partial charge in [0.05, 0.1) is 0 Å². The molecule has 112 valence electrons. The summed E-state index contributed by atoms with van der Waals surface area (Å²) in [5.41, 5.74) is 0.274. The Morgan fingerprint density at radius 2 is 1.95 bits per heavy atom. The number of hydrogen-bond acceptors (Lipinski definition) is 2. The van der Waals surface area contributed by atoms with E-state index in [2.05, 4.69) is 10.1 Å². The summed E-state index contributed by atoms with van der Waals surface area (Å²) in [6, 6.07) is 5.70. The molecule has 0 heterocycles. The number of unbranched alkanes of at least 4 members (excludes halogenated alkanes) is 1. The van der Waals surface area contributed by atoms with E-state index in [1.807, 2.05) is 0 Å². The summed E-state index contributed by atoms with van der Waals surface area (Å²) >= 11 is 5.49. The molecule has 0 saturated carbocycles. The van der Waals surface area contributed by atoms with Crippen molar-refractivity contribution in [2.45, 2.75) is 32.2 Å². The Labute approximate surface area is 120 Å². The number of nitrogens with one attached hydrogen (secondary N) is 1. The average molecular weight is 310 g/mol. The van der Waals surface area contributed by atoms with E-state index in [0.717, 1.165) is 6.42 Å². The SMILES string of the molecule is O=C(CCCCCl)NCc1ccccc1OC(F)(F)F. The fourth-order valence-electron chi connectivity index (χ4n) is 1.54. The van der Waals surface area contributed by atoms with Gasteiger partial charge in [0.25, 0.3) is 0 Å². The Morgan fingerprint density at radius 1 is 1.25 bits per heavy atom. The number of alkyl halides is 4. The van der Waals surface area contributed by atoms with Gasteiger partial charge in [-0.25, -0.2) is 0 Å². The van der Waals surface area contributed by atoms with Crippen LogP contribution in [0.25, 0.3) is 0 Å². The number of para-hydroxylation sites is 1. The minimum Gasteiger partial charge on any atom is -0.405 e. The summed E-state index contributed by atoms with van der Waals surface area (Å²) in [6.45, 7) is -0.00797. The van der Waals surface area contributed by atoms with Crippen molar-refractivity contribution >= 4 is 17.5 Å². The van der Waals surface area contributed by atoms with E-state index in [4.69, 9.17) is 11.6 Å². The Morgan fingerprint density at radius 3 is 2.60 bits per heavy atom. The van der Waals surface area contributed by atoms with E-state index >= 15 is 0 Å². The molecule has 1 aromatic carbocycles. The van der Waals surface area contributed by atoms with Crippen molar-refractivity contribution < 1.29 is 22.7 Å². The number of carbonyl (C=O) groups excluding carboxylic acids is 1. The molecule has 0 saturated heterocycles. The summed E-state index contributed by atoms with van der Waals surface area (Å²) in [5, 5.41) is 2.55. The summed E-state index contributed by atoms with van der Waals surface area (Å²) < 4.78 is 40.5. The number of ether oxygens (including phenoxy) is 1. The van der Waals surface area contributed by atoms with Crippen molar-refractivity contribution in [1.82, 2.24) is 5.32 Å². The van der Waals surface area contributed by atoms with Gasteiger partial charge in [-0.2, -0.15) is 0 Å². The molecule has 7 heteroatoms. The van der Waals surface area contributed by atoms with Crippen molar-refractivity contribution in [3.8, 4) is 5.75 Å². The largest absolute Gasteiger partial charge is 0.573 e. The third-order valence-corrected chi connectivity index (χ3v) is 2.73. The first-order chi connectivity index (χ1) is 9.42. The molecule has 0 aromatic heterocycles. The highest BCUT2D eigenvalue weighted by Gasteiger charge is 2.31. The first kappa shape index (κ1) is 16.6. The zero-order chi connectivity index (χ0) is 15.0. The predicted molar refractivity (Wildman–Crippen MR) is 69.5 cm³/mol. The van der Waals surface area contributed by atoms with Gasteiger partial charge in [-0.05, 0) is 18.9 Å². The monoisotopic (exact) mass is 309 g/mol. The van der Waals surface area contributed by atoms with Crippen LogP contribution in [0.5, 0.6) is 5.75 Å². The lowest BCUT2D eigenvalue weighted by Crippen LogP contribution is -2.24. The standard InChI is InChI=1S/C13H15ClF3NO2/c14-8-4-3-7-12(19)18-9-10-5-1-2-6-11(10)20-13(15,16)17/h1-2,5-6H,3-4,7-9H2,(H,18,19). The molecule has 0 aliphatic rings. The Bertz CT molecular complexity index is 438. The Balaban J connectivity index is 2.53. The van der Waals surface area contributed by atoms with Crippen LogP contribution >= 0.6 is 11.6 Å². The maximum absolute atomic E-state index is 12.2. The van der Waals surface area contributed by atoms with E-state index in [-0.39, 0.29) is 23.8 Å². The van der Waals surface area contributed by atoms with Gasteiger partial charge in [0, 0.05) is 24.4 Å². The molecule has 3 nitrogen and oxygen atoms in total. The number of halogens is 4. The van der Waals surface area contributed by atoms with Gasteiger partial charge >= 0.3 is 6.36 Å². The number of amides is 1. The smallest absolute Gasteiger partial charge is 0.405 e. The van der Waals surface area contributed by atoms with Crippen LogP contribution in [-0.2, 0) is 11.3 Å². The van der Waals surface area contributed by atoms with E-state index in [1.54, 1.807) is 6.07 Å². The maximum Gasteiger partial charge on any atom is 0.573 e. The molecule has 1 aromatic rings. The molecule has 1 N–H and O–H groups in total. The van der Waals surface area contributed by atoms with Crippen LogP contribution in [0.15, 0.2) is 24.3 Å². The molecule has 0 aliphatic carbocycles. The van der Waals surface area contributed by atoms with E-state index in [9.17, 15) is 18.0 Å². The van der Waals surface area contributed by atoms with Crippen LogP contribution in [0.4, 0.5) is 13.2 Å². The highest BCUT2D eigenvalue weighted by molar-refractivity contribution is 6.17. The summed E-state index contributed by atoms with van der Waals surface area (Å²) in [4.78, 5) is 11.5. The zero-order valence-corrected chi connectivity index (χ0v) is 11.4. The molecule has 0 bridgehead atoms. The van der Waals surface area contributed by atoms with Crippen molar-refractivity contribution in [2.75, 3.05) is 5.88 Å². The van der Waals surface area contributed by atoms with E-state index in [0.29, 0.717) is 18.7 Å². The molecule has 0 spiro atoms. The normalized spacial score (nSPS) is 11.2. The first-order valence-corrected chi connectivity index (χ1v) is 6.62. The van der Waals surface area contributed by atoms with Crippen molar-refractivity contribution in [1.29, 1.82) is 0 Å². The van der Waals surface area contributed by atoms with Crippen LogP contribution in [-0.4, -0.2) is 18.1 Å². The van der Waals surface area contributed by atoms with Gasteiger partial charge in [-0.15, -0.1) is 24.8 Å². The number of carbonyl (C=O) groups is 1. The molecule has 0 radical (unpaired) electrons. The van der Waals surface area contributed by atoms with Gasteiger partial charge in [-0.3, -0.25) is 4.79 Å². The quantitative estimate of drug-likeness (QED) is 0.617. The Kier molecular flexibility index (Phi) is 6.64. The average Bonchev–Trinajstić information content (AvgIpc) is 2.36. The van der Waals surface area contributed by atoms with Gasteiger partial charge in [-0.1, -0.05) is 18.2 Å². The second kappa shape index (κ2) is 7.99. The minimum atomic E-state index is -4.75. The molecule has 1 amide bonds. The number of benzene rings is 1. The maximum atomic E-state index is 12.2. The molecule has 0 atom stereocenters. The Hall–Kier alpha value is -1.43. The molecule has 20 heavy (non-hydrogen) atoms. The third kappa shape index (κ3) is 6.65. The predicted octanol–water partition coefficient (Wildman–Crippen LogP) is 3.61. The lowest BCUT2D eigenvalue weighted by Gasteiger charge is -2.13. The zero-order valence-electron chi connectivity index (χ0n) is 10.7. The summed E-state index contributed by atoms with van der Waals surface area (Å²) in [5.74, 6) is -0.0480. The second-order valence-electron chi connectivity index (χ2n) is 4.08. The second-order valence-corrected chi connectivity index (χ2v) is 4.46. The van der Waals surface area contributed by atoms with Gasteiger partial charge in [0.15, 0.2) is 0 Å². The van der Waals surface area contributed by atoms with Crippen LogP contribution in [0.1, 0.15) is 24.8 Å². The van der Waals surface area contributed by atoms with Crippen LogP contribution in [0, 0.1) is 0 Å². The van der Waals surface area contributed by atoms with Crippen LogP contribution < -0.4 is 10.1 Å². The van der Waals surface area contributed by atoms with Gasteiger partial charge in [0.1, 0.15) is 5.75 Å². The van der Waals surface area contributed by atoms with Crippen LogP contribution in [0.2, 0.25) is 0 Å². The molecular formula is C13H15ClF3NO2. The van der Waals surface area contributed by atoms with Gasteiger partial charge < -0.3 is 10.1 Å². The molecule has 0 unspecified atom stereocenters. The lowest BCUT2D eigenvalue weighted by atomic mass is 10.2. The van der Waals surface area contributed by atoms with Crippen molar-refractivity contribution in [2.24, 2.45) is 0 Å². The van der Waals surface area contributed by atoms with Gasteiger partial charge in [0.2, 0.25) is 5.91 Å². The fraction of sp³-hybridized carbons (Fsp3) is 0.462. The summed E-state index contributed by atoms with van der Waals surface area (Å²) in [6.07, 6.45) is -3.08. The third-order valence-electron chi connectivity index (χ3n) is 2.46. The van der Waals surface area contributed by atoms with Crippen molar-refractivity contribution in [3.05, 3.63) is 29.8 Å². The van der Waals surface area contributed by atoms with E-state index < -0.39 is 6.36 Å². The molecule has 0 fully saturated rings.